The number of rotatable bonds is 2. The van der Waals surface area contributed by atoms with E-state index in [0.29, 0.717) is 6.04 Å². The molecule has 90 valence electrons. The van der Waals surface area contributed by atoms with Crippen LogP contribution in [-0.4, -0.2) is 22.5 Å². The number of nitrogens with zero attached hydrogens (tertiary/aromatic N) is 1. The predicted molar refractivity (Wildman–Crippen MR) is 78.3 cm³/mol. The van der Waals surface area contributed by atoms with Gasteiger partial charge < -0.3 is 5.32 Å². The van der Waals surface area contributed by atoms with E-state index in [1.807, 2.05) is 11.8 Å². The van der Waals surface area contributed by atoms with Crippen molar-refractivity contribution in [3.63, 3.8) is 0 Å². The summed E-state index contributed by atoms with van der Waals surface area (Å²) in [6, 6.07) is 7.09. The second kappa shape index (κ2) is 4.86. The summed E-state index contributed by atoms with van der Waals surface area (Å²) in [5.41, 5.74) is 2.41. The molecule has 0 spiro atoms. The van der Waals surface area contributed by atoms with E-state index in [4.69, 9.17) is 0 Å². The lowest BCUT2D eigenvalue weighted by Crippen LogP contribution is -2.25. The highest BCUT2D eigenvalue weighted by Gasteiger charge is 2.15. The number of aromatic nitrogens is 1. The van der Waals surface area contributed by atoms with Crippen molar-refractivity contribution in [2.45, 2.75) is 25.8 Å². The van der Waals surface area contributed by atoms with Crippen LogP contribution < -0.4 is 5.32 Å². The first-order chi connectivity index (χ1) is 8.31. The SMILES string of the molecule is Cc1ccc2sc(NC3CCCSC3)nc2c1. The van der Waals surface area contributed by atoms with Crippen molar-refractivity contribution >= 4 is 38.4 Å². The van der Waals surface area contributed by atoms with Gasteiger partial charge in [0.05, 0.1) is 10.2 Å². The van der Waals surface area contributed by atoms with Gasteiger partial charge in [-0.25, -0.2) is 4.98 Å². The molecule has 1 saturated heterocycles. The van der Waals surface area contributed by atoms with E-state index in [9.17, 15) is 0 Å². The molecule has 0 bridgehead atoms. The summed E-state index contributed by atoms with van der Waals surface area (Å²) >= 11 is 3.81. The molecule has 1 atom stereocenters. The van der Waals surface area contributed by atoms with Gasteiger partial charge in [0.25, 0.3) is 0 Å². The van der Waals surface area contributed by atoms with Crippen LogP contribution in [0.1, 0.15) is 18.4 Å². The molecular formula is C13H16N2S2. The maximum atomic E-state index is 4.67. The van der Waals surface area contributed by atoms with E-state index in [2.05, 4.69) is 35.4 Å². The van der Waals surface area contributed by atoms with Gasteiger partial charge in [-0.05, 0) is 43.2 Å². The van der Waals surface area contributed by atoms with Crippen molar-refractivity contribution in [1.82, 2.24) is 4.98 Å². The van der Waals surface area contributed by atoms with E-state index in [-0.39, 0.29) is 0 Å². The van der Waals surface area contributed by atoms with E-state index in [0.717, 1.165) is 10.6 Å². The molecule has 1 aliphatic rings. The number of thioether (sulfide) groups is 1. The average molecular weight is 264 g/mol. The summed E-state index contributed by atoms with van der Waals surface area (Å²) in [6.45, 7) is 2.11. The minimum atomic E-state index is 0.607. The fraction of sp³-hybridized carbons (Fsp3) is 0.462. The molecule has 0 aliphatic carbocycles. The normalized spacial score (nSPS) is 20.6. The maximum Gasteiger partial charge on any atom is 0.184 e. The molecule has 0 radical (unpaired) electrons. The molecule has 2 nitrogen and oxygen atoms in total. The molecule has 4 heteroatoms. The molecule has 1 fully saturated rings. The summed E-state index contributed by atoms with van der Waals surface area (Å²) in [4.78, 5) is 4.67. The molecule has 1 aromatic carbocycles. The zero-order valence-electron chi connectivity index (χ0n) is 9.90. The van der Waals surface area contributed by atoms with Crippen LogP contribution in [-0.2, 0) is 0 Å². The number of benzene rings is 1. The van der Waals surface area contributed by atoms with Crippen LogP contribution in [0.3, 0.4) is 0 Å². The zero-order chi connectivity index (χ0) is 11.7. The van der Waals surface area contributed by atoms with Crippen LogP contribution in [0.5, 0.6) is 0 Å². The topological polar surface area (TPSA) is 24.9 Å². The zero-order valence-corrected chi connectivity index (χ0v) is 11.5. The van der Waals surface area contributed by atoms with Crippen LogP contribution in [0.4, 0.5) is 5.13 Å². The third-order valence-corrected chi connectivity index (χ3v) is 5.21. The number of thiazole rings is 1. The monoisotopic (exact) mass is 264 g/mol. The lowest BCUT2D eigenvalue weighted by atomic mass is 10.2. The Balaban J connectivity index is 1.80. The van der Waals surface area contributed by atoms with E-state index in [1.165, 1.54) is 34.6 Å². The fourth-order valence-electron chi connectivity index (χ4n) is 2.13. The minimum absolute atomic E-state index is 0.607. The summed E-state index contributed by atoms with van der Waals surface area (Å²) in [5.74, 6) is 2.53. The molecule has 3 rings (SSSR count). The molecule has 17 heavy (non-hydrogen) atoms. The molecule has 0 saturated carbocycles. The van der Waals surface area contributed by atoms with E-state index in [1.54, 1.807) is 11.3 Å². The first-order valence-electron chi connectivity index (χ1n) is 6.03. The molecule has 1 aliphatic heterocycles. The number of nitrogens with one attached hydrogen (secondary N) is 1. The molecule has 1 unspecified atom stereocenters. The molecule has 0 amide bonds. The Morgan fingerprint density at radius 1 is 1.41 bits per heavy atom. The summed E-state index contributed by atoms with van der Waals surface area (Å²) in [7, 11) is 0. The van der Waals surface area contributed by atoms with Gasteiger partial charge in [-0.15, -0.1) is 0 Å². The highest BCUT2D eigenvalue weighted by atomic mass is 32.2. The van der Waals surface area contributed by atoms with Gasteiger partial charge >= 0.3 is 0 Å². The Kier molecular flexibility index (Phi) is 3.25. The third-order valence-electron chi connectivity index (χ3n) is 3.03. The molecule has 1 aromatic heterocycles. The Labute approximate surface area is 110 Å². The number of aryl methyl sites for hydroxylation is 1. The summed E-state index contributed by atoms with van der Waals surface area (Å²) < 4.78 is 1.28. The van der Waals surface area contributed by atoms with Gasteiger partial charge in [0.15, 0.2) is 5.13 Å². The lowest BCUT2D eigenvalue weighted by molar-refractivity contribution is 0.685. The van der Waals surface area contributed by atoms with Gasteiger partial charge in [0.2, 0.25) is 0 Å². The Morgan fingerprint density at radius 3 is 3.18 bits per heavy atom. The first-order valence-corrected chi connectivity index (χ1v) is 8.00. The van der Waals surface area contributed by atoms with Gasteiger partial charge in [-0.2, -0.15) is 11.8 Å². The van der Waals surface area contributed by atoms with Crippen molar-refractivity contribution in [1.29, 1.82) is 0 Å². The highest BCUT2D eigenvalue weighted by Crippen LogP contribution is 2.28. The minimum Gasteiger partial charge on any atom is -0.358 e. The summed E-state index contributed by atoms with van der Waals surface area (Å²) in [6.07, 6.45) is 2.61. The second-order valence-corrected chi connectivity index (χ2v) is 6.73. The van der Waals surface area contributed by atoms with Crippen molar-refractivity contribution in [3.05, 3.63) is 23.8 Å². The van der Waals surface area contributed by atoms with E-state index >= 15 is 0 Å². The smallest absolute Gasteiger partial charge is 0.184 e. The van der Waals surface area contributed by atoms with Crippen LogP contribution >= 0.6 is 23.1 Å². The van der Waals surface area contributed by atoms with Crippen molar-refractivity contribution in [2.75, 3.05) is 16.8 Å². The van der Waals surface area contributed by atoms with Crippen molar-refractivity contribution in [2.24, 2.45) is 0 Å². The predicted octanol–water partition coefficient (Wildman–Crippen LogP) is 3.91. The Hall–Kier alpha value is -0.740. The van der Waals surface area contributed by atoms with Crippen LogP contribution in [0.15, 0.2) is 18.2 Å². The highest BCUT2D eigenvalue weighted by molar-refractivity contribution is 7.99. The number of hydrogen-bond acceptors (Lipinski definition) is 4. The van der Waals surface area contributed by atoms with Crippen LogP contribution in [0.25, 0.3) is 10.2 Å². The molecular weight excluding hydrogens is 248 g/mol. The fourth-order valence-corrected chi connectivity index (χ4v) is 4.12. The summed E-state index contributed by atoms with van der Waals surface area (Å²) in [5, 5.41) is 4.66. The molecule has 1 N–H and O–H groups in total. The largest absolute Gasteiger partial charge is 0.358 e. The van der Waals surface area contributed by atoms with Gasteiger partial charge in [-0.3, -0.25) is 0 Å². The maximum absolute atomic E-state index is 4.67. The third kappa shape index (κ3) is 2.58. The van der Waals surface area contributed by atoms with Crippen LogP contribution in [0.2, 0.25) is 0 Å². The number of anilines is 1. The van der Waals surface area contributed by atoms with Crippen LogP contribution in [0, 0.1) is 6.92 Å². The number of fused-ring (bicyclic) bond motifs is 1. The standard InChI is InChI=1S/C13H16N2S2/c1-9-4-5-12-11(7-9)15-13(17-12)14-10-3-2-6-16-8-10/h4-5,7,10H,2-3,6,8H2,1H3,(H,14,15). The average Bonchev–Trinajstić information content (AvgIpc) is 2.71. The Bertz CT molecular complexity index is 515. The second-order valence-electron chi connectivity index (χ2n) is 4.55. The quantitative estimate of drug-likeness (QED) is 0.890. The first kappa shape index (κ1) is 11.4. The van der Waals surface area contributed by atoms with Gasteiger partial charge in [0.1, 0.15) is 0 Å². The molecule has 2 aromatic rings. The number of hydrogen-bond donors (Lipinski definition) is 1. The van der Waals surface area contributed by atoms with Crippen molar-refractivity contribution in [3.8, 4) is 0 Å². The van der Waals surface area contributed by atoms with Gasteiger partial charge in [0, 0.05) is 11.8 Å². The van der Waals surface area contributed by atoms with E-state index < -0.39 is 0 Å². The van der Waals surface area contributed by atoms with Crippen molar-refractivity contribution < 1.29 is 0 Å². The molecule has 2 heterocycles. The lowest BCUT2D eigenvalue weighted by Gasteiger charge is -2.21. The van der Waals surface area contributed by atoms with Gasteiger partial charge in [-0.1, -0.05) is 17.4 Å². The Morgan fingerprint density at radius 2 is 2.35 bits per heavy atom.